The number of rotatable bonds is 5. The highest BCUT2D eigenvalue weighted by Crippen LogP contribution is 2.30. The molecule has 0 unspecified atom stereocenters. The van der Waals surface area contributed by atoms with Crippen LogP contribution < -0.4 is 5.32 Å². The van der Waals surface area contributed by atoms with Gasteiger partial charge in [0.05, 0.1) is 6.04 Å². The number of amides is 2. The average Bonchev–Trinajstić information content (AvgIpc) is 3.05. The van der Waals surface area contributed by atoms with Crippen molar-refractivity contribution in [2.75, 3.05) is 13.1 Å². The molecule has 2 heterocycles. The first-order chi connectivity index (χ1) is 11.2. The van der Waals surface area contributed by atoms with E-state index >= 15 is 0 Å². The Morgan fingerprint density at radius 1 is 1.30 bits per heavy atom. The number of aromatic nitrogens is 1. The molecule has 1 aromatic heterocycles. The van der Waals surface area contributed by atoms with Gasteiger partial charge >= 0.3 is 0 Å². The standard InChI is InChI=1S/C17H25N3O2S/c1-2-14(16-18-8-11-23-16)19-15(21)12-6-9-20(10-7-12)17(22)13-4-3-5-13/h8,11-14H,2-7,9-10H2,1H3,(H,19,21)/t14-/m1/s1. The first-order valence-corrected chi connectivity index (χ1v) is 9.55. The molecule has 0 radical (unpaired) electrons. The fourth-order valence-electron chi connectivity index (χ4n) is 3.31. The monoisotopic (exact) mass is 335 g/mol. The molecule has 5 nitrogen and oxygen atoms in total. The van der Waals surface area contributed by atoms with E-state index in [2.05, 4.69) is 17.2 Å². The lowest BCUT2D eigenvalue weighted by atomic mass is 9.83. The highest BCUT2D eigenvalue weighted by atomic mass is 32.1. The number of nitrogens with one attached hydrogen (secondary N) is 1. The summed E-state index contributed by atoms with van der Waals surface area (Å²) in [5.41, 5.74) is 0. The second-order valence-electron chi connectivity index (χ2n) is 6.57. The van der Waals surface area contributed by atoms with Gasteiger partial charge in [-0.3, -0.25) is 9.59 Å². The zero-order chi connectivity index (χ0) is 16.2. The number of nitrogens with zero attached hydrogens (tertiary/aromatic N) is 2. The molecule has 1 saturated heterocycles. The number of likely N-dealkylation sites (tertiary alicyclic amines) is 1. The highest BCUT2D eigenvalue weighted by Gasteiger charge is 2.33. The Labute approximate surface area is 141 Å². The molecule has 1 aromatic rings. The Kier molecular flexibility index (Phi) is 5.30. The molecule has 126 valence electrons. The molecule has 1 aliphatic heterocycles. The average molecular weight is 335 g/mol. The summed E-state index contributed by atoms with van der Waals surface area (Å²) in [6.07, 6.45) is 7.45. The van der Waals surface area contributed by atoms with Crippen LogP contribution in [0.15, 0.2) is 11.6 Å². The third kappa shape index (κ3) is 3.74. The van der Waals surface area contributed by atoms with E-state index in [4.69, 9.17) is 0 Å². The zero-order valence-electron chi connectivity index (χ0n) is 13.7. The van der Waals surface area contributed by atoms with E-state index in [0.717, 1.165) is 50.2 Å². The maximum atomic E-state index is 12.5. The Hall–Kier alpha value is -1.43. The van der Waals surface area contributed by atoms with Crippen LogP contribution in [0, 0.1) is 11.8 Å². The molecule has 2 amide bonds. The summed E-state index contributed by atoms with van der Waals surface area (Å²) in [6.45, 7) is 3.51. The summed E-state index contributed by atoms with van der Waals surface area (Å²) in [4.78, 5) is 31.0. The minimum atomic E-state index is 0.0112. The minimum absolute atomic E-state index is 0.0112. The van der Waals surface area contributed by atoms with Crippen LogP contribution in [0.25, 0.3) is 0 Å². The van der Waals surface area contributed by atoms with Crippen molar-refractivity contribution in [2.45, 2.75) is 51.5 Å². The van der Waals surface area contributed by atoms with Crippen LogP contribution in [0.5, 0.6) is 0 Å². The number of carbonyl (C=O) groups is 2. The van der Waals surface area contributed by atoms with E-state index in [0.29, 0.717) is 5.91 Å². The van der Waals surface area contributed by atoms with Crippen molar-refractivity contribution in [2.24, 2.45) is 11.8 Å². The summed E-state index contributed by atoms with van der Waals surface area (Å²) >= 11 is 1.58. The van der Waals surface area contributed by atoms with Crippen LogP contribution in [0.1, 0.15) is 56.5 Å². The SMILES string of the molecule is CC[C@@H](NC(=O)C1CCN(C(=O)C2CCC2)CC1)c1nccs1. The van der Waals surface area contributed by atoms with E-state index in [1.165, 1.54) is 6.42 Å². The summed E-state index contributed by atoms with van der Waals surface area (Å²) in [7, 11) is 0. The topological polar surface area (TPSA) is 62.3 Å². The molecule has 23 heavy (non-hydrogen) atoms. The molecule has 1 saturated carbocycles. The van der Waals surface area contributed by atoms with Gasteiger partial charge in [-0.05, 0) is 32.1 Å². The van der Waals surface area contributed by atoms with Crippen molar-refractivity contribution >= 4 is 23.2 Å². The van der Waals surface area contributed by atoms with Gasteiger partial charge in [-0.1, -0.05) is 13.3 Å². The molecule has 1 atom stereocenters. The van der Waals surface area contributed by atoms with Crippen molar-refractivity contribution in [3.05, 3.63) is 16.6 Å². The van der Waals surface area contributed by atoms with Gasteiger partial charge in [0.2, 0.25) is 11.8 Å². The van der Waals surface area contributed by atoms with E-state index in [9.17, 15) is 9.59 Å². The first-order valence-electron chi connectivity index (χ1n) is 8.67. The highest BCUT2D eigenvalue weighted by molar-refractivity contribution is 7.09. The number of piperidine rings is 1. The predicted molar refractivity (Wildman–Crippen MR) is 89.9 cm³/mol. The Balaban J connectivity index is 1.48. The predicted octanol–water partition coefficient (Wildman–Crippen LogP) is 2.75. The largest absolute Gasteiger partial charge is 0.347 e. The molecule has 3 rings (SSSR count). The molecule has 0 spiro atoms. The maximum Gasteiger partial charge on any atom is 0.225 e. The lowest BCUT2D eigenvalue weighted by Crippen LogP contribution is -2.46. The summed E-state index contributed by atoms with van der Waals surface area (Å²) in [6, 6.07) is 0.0112. The number of carbonyl (C=O) groups excluding carboxylic acids is 2. The van der Waals surface area contributed by atoms with Crippen LogP contribution in [0.3, 0.4) is 0 Å². The molecule has 6 heteroatoms. The van der Waals surface area contributed by atoms with E-state index in [1.54, 1.807) is 17.5 Å². The van der Waals surface area contributed by atoms with Crippen molar-refractivity contribution < 1.29 is 9.59 Å². The normalized spacial score (nSPS) is 20.8. The van der Waals surface area contributed by atoms with Crippen molar-refractivity contribution in [3.8, 4) is 0 Å². The quantitative estimate of drug-likeness (QED) is 0.900. The van der Waals surface area contributed by atoms with Crippen LogP contribution in [-0.4, -0.2) is 34.8 Å². The third-order valence-electron chi connectivity index (χ3n) is 5.11. The molecule has 0 aromatic carbocycles. The van der Waals surface area contributed by atoms with Crippen LogP contribution in [0.4, 0.5) is 0 Å². The van der Waals surface area contributed by atoms with Crippen LogP contribution in [-0.2, 0) is 9.59 Å². The Morgan fingerprint density at radius 3 is 2.57 bits per heavy atom. The van der Waals surface area contributed by atoms with Crippen LogP contribution in [0.2, 0.25) is 0 Å². The molecular formula is C17H25N3O2S. The molecular weight excluding hydrogens is 310 g/mol. The van der Waals surface area contributed by atoms with Crippen molar-refractivity contribution in [1.82, 2.24) is 15.2 Å². The first kappa shape index (κ1) is 16.4. The Bertz CT molecular complexity index is 534. The summed E-state index contributed by atoms with van der Waals surface area (Å²) < 4.78 is 0. The van der Waals surface area contributed by atoms with Crippen molar-refractivity contribution in [3.63, 3.8) is 0 Å². The van der Waals surface area contributed by atoms with Gasteiger partial charge in [-0.25, -0.2) is 4.98 Å². The second-order valence-corrected chi connectivity index (χ2v) is 7.49. The summed E-state index contributed by atoms with van der Waals surface area (Å²) in [5.74, 6) is 0.705. The fraction of sp³-hybridized carbons (Fsp3) is 0.706. The molecule has 2 aliphatic rings. The molecule has 2 fully saturated rings. The lowest BCUT2D eigenvalue weighted by molar-refractivity contribution is -0.141. The minimum Gasteiger partial charge on any atom is -0.347 e. The molecule has 1 N–H and O–H groups in total. The number of hydrogen-bond acceptors (Lipinski definition) is 4. The van der Waals surface area contributed by atoms with Gasteiger partial charge in [-0.2, -0.15) is 0 Å². The molecule has 0 bridgehead atoms. The zero-order valence-corrected chi connectivity index (χ0v) is 14.5. The van der Waals surface area contributed by atoms with Crippen LogP contribution >= 0.6 is 11.3 Å². The lowest BCUT2D eigenvalue weighted by Gasteiger charge is -2.36. The van der Waals surface area contributed by atoms with Gasteiger partial charge in [0.1, 0.15) is 5.01 Å². The van der Waals surface area contributed by atoms with Gasteiger partial charge in [0.25, 0.3) is 0 Å². The second kappa shape index (κ2) is 7.43. The van der Waals surface area contributed by atoms with E-state index in [1.807, 2.05) is 10.3 Å². The fourth-order valence-corrected chi connectivity index (χ4v) is 4.08. The smallest absolute Gasteiger partial charge is 0.225 e. The van der Waals surface area contributed by atoms with Crippen molar-refractivity contribution in [1.29, 1.82) is 0 Å². The van der Waals surface area contributed by atoms with Gasteiger partial charge < -0.3 is 10.2 Å². The number of thiazole rings is 1. The van der Waals surface area contributed by atoms with Gasteiger partial charge in [0.15, 0.2) is 0 Å². The summed E-state index contributed by atoms with van der Waals surface area (Å²) in [5, 5.41) is 6.04. The molecule has 1 aliphatic carbocycles. The van der Waals surface area contributed by atoms with E-state index < -0.39 is 0 Å². The number of hydrogen-bond donors (Lipinski definition) is 1. The Morgan fingerprint density at radius 2 is 2.04 bits per heavy atom. The third-order valence-corrected chi connectivity index (χ3v) is 6.00. The van der Waals surface area contributed by atoms with E-state index in [-0.39, 0.29) is 23.8 Å². The van der Waals surface area contributed by atoms with Gasteiger partial charge in [0, 0.05) is 36.5 Å². The maximum absolute atomic E-state index is 12.5. The van der Waals surface area contributed by atoms with Gasteiger partial charge in [-0.15, -0.1) is 11.3 Å².